The van der Waals surface area contributed by atoms with Crippen LogP contribution in [0, 0.1) is 0 Å². The van der Waals surface area contributed by atoms with Gasteiger partial charge in [-0.05, 0) is 53.9 Å². The summed E-state index contributed by atoms with van der Waals surface area (Å²) in [5.41, 5.74) is 6.92. The number of aromatic nitrogens is 1. The summed E-state index contributed by atoms with van der Waals surface area (Å²) < 4.78 is 39.5. The summed E-state index contributed by atoms with van der Waals surface area (Å²) in [6.45, 7) is 0.123. The second-order valence-electron chi connectivity index (χ2n) is 9.85. The van der Waals surface area contributed by atoms with Crippen LogP contribution in [0.2, 0.25) is 0 Å². The zero-order valence-electron chi connectivity index (χ0n) is 22.7. The predicted octanol–water partition coefficient (Wildman–Crippen LogP) is 4.60. The van der Waals surface area contributed by atoms with Crippen LogP contribution in [-0.2, 0) is 25.7 Å². The number of nitrogens with one attached hydrogen (secondary N) is 1. The molecule has 0 saturated heterocycles. The molecule has 0 spiro atoms. The van der Waals surface area contributed by atoms with Crippen LogP contribution in [0.1, 0.15) is 43.1 Å². The molecule has 7 nitrogen and oxygen atoms in total. The molecule has 2 amide bonds. The monoisotopic (exact) mass is 576 g/mol. The molecular weight excluding hydrogens is 545 g/mol. The van der Waals surface area contributed by atoms with Crippen molar-refractivity contribution in [3.05, 3.63) is 137 Å². The van der Waals surface area contributed by atoms with Crippen LogP contribution in [0.4, 0.5) is 13.2 Å². The fraction of sp³-hybridized carbons (Fsp3) is 0.219. The Hall–Kier alpha value is -4.54. The number of halogens is 3. The second-order valence-corrected chi connectivity index (χ2v) is 9.85. The molecule has 0 saturated carbocycles. The maximum Gasteiger partial charge on any atom is 0.416 e. The lowest BCUT2D eigenvalue weighted by Crippen LogP contribution is -2.51. The van der Waals surface area contributed by atoms with E-state index < -0.39 is 35.7 Å². The third kappa shape index (κ3) is 8.25. The van der Waals surface area contributed by atoms with Gasteiger partial charge in [0.25, 0.3) is 5.91 Å². The number of hydrogen-bond acceptors (Lipinski definition) is 5. The Labute approximate surface area is 241 Å². The highest BCUT2D eigenvalue weighted by molar-refractivity contribution is 5.99. The lowest BCUT2D eigenvalue weighted by molar-refractivity contribution is -0.137. The molecule has 218 valence electrons. The summed E-state index contributed by atoms with van der Waals surface area (Å²) in [5.74, 6) is -1.12. The molecule has 0 fully saturated rings. The van der Waals surface area contributed by atoms with E-state index in [0.717, 1.165) is 17.7 Å². The molecule has 0 unspecified atom stereocenters. The first kappa shape index (κ1) is 30.4. The molecule has 42 heavy (non-hydrogen) atoms. The van der Waals surface area contributed by atoms with Crippen LogP contribution in [0.3, 0.4) is 0 Å². The van der Waals surface area contributed by atoms with Crippen LogP contribution in [0.25, 0.3) is 0 Å². The van der Waals surface area contributed by atoms with Gasteiger partial charge in [-0.15, -0.1) is 0 Å². The number of carbonyl (C=O) groups is 2. The van der Waals surface area contributed by atoms with Gasteiger partial charge in [0.15, 0.2) is 0 Å². The van der Waals surface area contributed by atoms with Crippen molar-refractivity contribution in [1.29, 1.82) is 0 Å². The van der Waals surface area contributed by atoms with Crippen molar-refractivity contribution in [2.75, 3.05) is 6.54 Å². The number of alkyl halides is 3. The molecule has 0 radical (unpaired) electrons. The number of carbonyl (C=O) groups excluding carboxylic acids is 2. The maximum atomic E-state index is 14.0. The van der Waals surface area contributed by atoms with E-state index in [1.807, 2.05) is 30.3 Å². The number of aliphatic hydroxyl groups is 1. The lowest BCUT2D eigenvalue weighted by atomic mass is 9.97. The molecule has 0 aliphatic carbocycles. The van der Waals surface area contributed by atoms with Gasteiger partial charge in [-0.2, -0.15) is 13.2 Å². The molecule has 2 atom stereocenters. The summed E-state index contributed by atoms with van der Waals surface area (Å²) in [5, 5.41) is 14.5. The van der Waals surface area contributed by atoms with E-state index in [1.165, 1.54) is 23.1 Å². The van der Waals surface area contributed by atoms with Crippen LogP contribution in [-0.4, -0.2) is 45.5 Å². The average molecular weight is 577 g/mol. The summed E-state index contributed by atoms with van der Waals surface area (Å²) in [6, 6.07) is 24.9. The number of primary amides is 1. The minimum atomic E-state index is -4.46. The molecule has 10 heteroatoms. The summed E-state index contributed by atoms with van der Waals surface area (Å²) in [4.78, 5) is 31.7. The van der Waals surface area contributed by atoms with Gasteiger partial charge in [0.1, 0.15) is 0 Å². The lowest BCUT2D eigenvalue weighted by Gasteiger charge is -2.35. The van der Waals surface area contributed by atoms with E-state index in [9.17, 15) is 27.9 Å². The van der Waals surface area contributed by atoms with Gasteiger partial charge >= 0.3 is 6.18 Å². The Balaban J connectivity index is 1.63. The molecule has 4 rings (SSSR count). The Morgan fingerprint density at radius 3 is 2.26 bits per heavy atom. The number of hydrogen-bond donors (Lipinski definition) is 3. The molecule has 1 aromatic heterocycles. The molecule has 4 N–H and O–H groups in total. The smallest absolute Gasteiger partial charge is 0.390 e. The van der Waals surface area contributed by atoms with E-state index >= 15 is 0 Å². The van der Waals surface area contributed by atoms with Gasteiger partial charge in [-0.1, -0.05) is 60.7 Å². The topological polar surface area (TPSA) is 109 Å². The van der Waals surface area contributed by atoms with Gasteiger partial charge in [0, 0.05) is 30.4 Å². The van der Waals surface area contributed by atoms with E-state index in [0.29, 0.717) is 11.3 Å². The minimum absolute atomic E-state index is 0.0128. The Morgan fingerprint density at radius 2 is 1.57 bits per heavy atom. The summed E-state index contributed by atoms with van der Waals surface area (Å²) >= 11 is 0. The summed E-state index contributed by atoms with van der Waals surface area (Å²) in [7, 11) is 0. The number of benzene rings is 3. The molecule has 4 aromatic rings. The van der Waals surface area contributed by atoms with Crippen molar-refractivity contribution in [3.8, 4) is 0 Å². The van der Waals surface area contributed by atoms with E-state index in [2.05, 4.69) is 10.3 Å². The van der Waals surface area contributed by atoms with Gasteiger partial charge in [0.05, 0.1) is 29.9 Å². The zero-order chi connectivity index (χ0) is 30.1. The average Bonchev–Trinajstić information content (AvgIpc) is 2.99. The largest absolute Gasteiger partial charge is 0.416 e. The number of nitrogens with zero attached hydrogens (tertiary/aromatic N) is 2. The number of aliphatic hydroxyl groups excluding tert-OH is 1. The molecule has 0 aliphatic heterocycles. The zero-order valence-corrected chi connectivity index (χ0v) is 22.7. The van der Waals surface area contributed by atoms with Gasteiger partial charge < -0.3 is 21.1 Å². The van der Waals surface area contributed by atoms with Crippen molar-refractivity contribution in [2.24, 2.45) is 5.73 Å². The number of rotatable bonds is 12. The van der Waals surface area contributed by atoms with Crippen LogP contribution < -0.4 is 11.1 Å². The van der Waals surface area contributed by atoms with Crippen LogP contribution in [0.15, 0.2) is 103 Å². The Kier molecular flexibility index (Phi) is 10.1. The van der Waals surface area contributed by atoms with Crippen molar-refractivity contribution < 1.29 is 27.9 Å². The van der Waals surface area contributed by atoms with Crippen LogP contribution in [0.5, 0.6) is 0 Å². The highest BCUT2D eigenvalue weighted by atomic mass is 19.4. The van der Waals surface area contributed by atoms with E-state index in [-0.39, 0.29) is 37.2 Å². The van der Waals surface area contributed by atoms with Crippen molar-refractivity contribution in [3.63, 3.8) is 0 Å². The number of nitrogens with two attached hydrogens (primary N) is 1. The molecule has 0 aliphatic rings. The number of amides is 2. The quantitative estimate of drug-likeness (QED) is 0.228. The first-order valence-electron chi connectivity index (χ1n) is 13.3. The molecule has 1 heterocycles. The van der Waals surface area contributed by atoms with E-state index in [1.54, 1.807) is 42.6 Å². The van der Waals surface area contributed by atoms with Crippen molar-refractivity contribution in [2.45, 2.75) is 37.8 Å². The van der Waals surface area contributed by atoms with Crippen molar-refractivity contribution >= 4 is 11.8 Å². The highest BCUT2D eigenvalue weighted by Gasteiger charge is 2.32. The molecule has 3 aromatic carbocycles. The second kappa shape index (κ2) is 13.9. The first-order valence-corrected chi connectivity index (χ1v) is 13.3. The Bertz CT molecular complexity index is 1480. The fourth-order valence-corrected chi connectivity index (χ4v) is 4.64. The van der Waals surface area contributed by atoms with Gasteiger partial charge in [-0.3, -0.25) is 14.6 Å². The highest BCUT2D eigenvalue weighted by Crippen LogP contribution is 2.29. The van der Waals surface area contributed by atoms with Crippen molar-refractivity contribution in [1.82, 2.24) is 15.2 Å². The van der Waals surface area contributed by atoms with Gasteiger partial charge in [-0.25, -0.2) is 0 Å². The molecular formula is C32H31F3N4O3. The van der Waals surface area contributed by atoms with E-state index in [4.69, 9.17) is 5.73 Å². The maximum absolute atomic E-state index is 14.0. The summed E-state index contributed by atoms with van der Waals surface area (Å²) in [6.07, 6.45) is -3.70. The predicted molar refractivity (Wildman–Crippen MR) is 152 cm³/mol. The normalized spacial score (nSPS) is 12.9. The fourth-order valence-electron chi connectivity index (χ4n) is 4.64. The van der Waals surface area contributed by atoms with Gasteiger partial charge in [0.2, 0.25) is 5.91 Å². The number of pyridine rings is 1. The minimum Gasteiger partial charge on any atom is -0.390 e. The third-order valence-corrected chi connectivity index (χ3v) is 6.78. The third-order valence-electron chi connectivity index (χ3n) is 6.78. The standard InChI is InChI=1S/C32H31F3N4O3/c33-32(34,35)26-13-6-10-23(16-26)19-37-20-29(40)28(17-22-8-2-1-3-9-22)39(21-27-14-4-5-15-38-27)31(42)25-12-7-11-24(18-25)30(36)41/h1-16,18,28-29,37,40H,17,19-21H2,(H2,36,41)/t28-,29+/m0/s1. The van der Waals surface area contributed by atoms with Crippen LogP contribution >= 0.6 is 0 Å². The first-order chi connectivity index (χ1) is 20.1. The SMILES string of the molecule is NC(=O)c1cccc(C(=O)N(Cc2ccccn2)[C@@H](Cc2ccccc2)[C@H](O)CNCc2cccc(C(F)(F)F)c2)c1. The Morgan fingerprint density at radius 1 is 0.881 bits per heavy atom. The molecule has 0 bridgehead atoms.